The standard InChI is InChI=1S/C10H14N2O2/c1-14-10-6-11-8(5-12-10)7-3-2-4-9(7)13/h5-7,9,13H,2-4H2,1H3. The van der Waals surface area contributed by atoms with Gasteiger partial charge in [-0.1, -0.05) is 6.42 Å². The van der Waals surface area contributed by atoms with Crippen LogP contribution in [0.2, 0.25) is 0 Å². The molecule has 1 aromatic rings. The third-order valence-corrected chi connectivity index (χ3v) is 2.72. The fourth-order valence-corrected chi connectivity index (χ4v) is 1.91. The zero-order valence-electron chi connectivity index (χ0n) is 8.18. The lowest BCUT2D eigenvalue weighted by Gasteiger charge is -2.12. The largest absolute Gasteiger partial charge is 0.480 e. The van der Waals surface area contributed by atoms with Crippen LogP contribution < -0.4 is 4.74 Å². The first-order chi connectivity index (χ1) is 6.81. The molecule has 1 saturated carbocycles. The third kappa shape index (κ3) is 1.70. The molecule has 2 rings (SSSR count). The van der Waals surface area contributed by atoms with Crippen LogP contribution in [0.5, 0.6) is 5.88 Å². The first-order valence-electron chi connectivity index (χ1n) is 4.85. The number of aliphatic hydroxyl groups excluding tert-OH is 1. The summed E-state index contributed by atoms with van der Waals surface area (Å²) in [5.41, 5.74) is 0.871. The second-order valence-electron chi connectivity index (χ2n) is 3.59. The van der Waals surface area contributed by atoms with Crippen molar-refractivity contribution in [3.05, 3.63) is 18.1 Å². The predicted octanol–water partition coefficient (Wildman–Crippen LogP) is 1.11. The number of methoxy groups -OCH3 is 1. The summed E-state index contributed by atoms with van der Waals surface area (Å²) in [6.45, 7) is 0. The average molecular weight is 194 g/mol. The molecule has 1 aliphatic carbocycles. The average Bonchev–Trinajstić information content (AvgIpc) is 2.65. The Hall–Kier alpha value is -1.16. The molecule has 76 valence electrons. The predicted molar refractivity (Wildman–Crippen MR) is 51.2 cm³/mol. The molecule has 1 N–H and O–H groups in total. The van der Waals surface area contributed by atoms with Crippen LogP contribution in [-0.4, -0.2) is 28.3 Å². The zero-order valence-corrected chi connectivity index (χ0v) is 8.18. The van der Waals surface area contributed by atoms with Crippen LogP contribution in [0.25, 0.3) is 0 Å². The summed E-state index contributed by atoms with van der Waals surface area (Å²) in [5.74, 6) is 0.676. The molecule has 1 fully saturated rings. The number of ether oxygens (including phenoxy) is 1. The minimum absolute atomic E-state index is 0.161. The summed E-state index contributed by atoms with van der Waals surface area (Å²) in [4.78, 5) is 8.31. The highest BCUT2D eigenvalue weighted by atomic mass is 16.5. The second-order valence-corrected chi connectivity index (χ2v) is 3.59. The van der Waals surface area contributed by atoms with E-state index in [1.165, 1.54) is 0 Å². The molecule has 4 heteroatoms. The van der Waals surface area contributed by atoms with Crippen LogP contribution in [-0.2, 0) is 0 Å². The van der Waals surface area contributed by atoms with Gasteiger partial charge in [0, 0.05) is 5.92 Å². The van der Waals surface area contributed by atoms with Gasteiger partial charge in [0.2, 0.25) is 5.88 Å². The van der Waals surface area contributed by atoms with Gasteiger partial charge in [-0.2, -0.15) is 0 Å². The Bertz CT molecular complexity index is 299. The molecule has 1 aromatic heterocycles. The van der Waals surface area contributed by atoms with E-state index in [9.17, 15) is 5.11 Å². The fourth-order valence-electron chi connectivity index (χ4n) is 1.91. The van der Waals surface area contributed by atoms with Crippen molar-refractivity contribution in [3.63, 3.8) is 0 Å². The number of hydrogen-bond acceptors (Lipinski definition) is 4. The lowest BCUT2D eigenvalue weighted by molar-refractivity contribution is 0.162. The van der Waals surface area contributed by atoms with E-state index in [0.717, 1.165) is 25.0 Å². The Balaban J connectivity index is 2.16. The summed E-state index contributed by atoms with van der Waals surface area (Å²) in [6, 6.07) is 0. The highest BCUT2D eigenvalue weighted by Crippen LogP contribution is 2.33. The molecule has 0 bridgehead atoms. The van der Waals surface area contributed by atoms with Gasteiger partial charge in [-0.15, -0.1) is 0 Å². The van der Waals surface area contributed by atoms with Crippen LogP contribution >= 0.6 is 0 Å². The van der Waals surface area contributed by atoms with Gasteiger partial charge in [-0.25, -0.2) is 4.98 Å². The summed E-state index contributed by atoms with van der Waals surface area (Å²) < 4.78 is 4.92. The van der Waals surface area contributed by atoms with Crippen molar-refractivity contribution in [2.75, 3.05) is 7.11 Å². The molecule has 1 heterocycles. The smallest absolute Gasteiger partial charge is 0.231 e. The minimum Gasteiger partial charge on any atom is -0.480 e. The Kier molecular flexibility index (Phi) is 2.63. The van der Waals surface area contributed by atoms with Crippen LogP contribution in [0.15, 0.2) is 12.4 Å². The van der Waals surface area contributed by atoms with Gasteiger partial charge in [0.1, 0.15) is 0 Å². The van der Waals surface area contributed by atoms with Crippen LogP contribution in [0, 0.1) is 0 Å². The van der Waals surface area contributed by atoms with E-state index in [2.05, 4.69) is 9.97 Å². The maximum Gasteiger partial charge on any atom is 0.231 e. The van der Waals surface area contributed by atoms with E-state index in [-0.39, 0.29) is 12.0 Å². The molecule has 0 saturated heterocycles. The van der Waals surface area contributed by atoms with E-state index < -0.39 is 0 Å². The monoisotopic (exact) mass is 194 g/mol. The van der Waals surface area contributed by atoms with Crippen molar-refractivity contribution in [1.29, 1.82) is 0 Å². The summed E-state index contributed by atoms with van der Waals surface area (Å²) >= 11 is 0. The third-order valence-electron chi connectivity index (χ3n) is 2.72. The Labute approximate surface area is 83.0 Å². The van der Waals surface area contributed by atoms with Gasteiger partial charge in [-0.3, -0.25) is 4.98 Å². The van der Waals surface area contributed by atoms with E-state index in [1.54, 1.807) is 19.5 Å². The van der Waals surface area contributed by atoms with Crippen molar-refractivity contribution in [2.45, 2.75) is 31.3 Å². The van der Waals surface area contributed by atoms with Gasteiger partial charge in [-0.05, 0) is 12.8 Å². The van der Waals surface area contributed by atoms with Gasteiger partial charge >= 0.3 is 0 Å². The summed E-state index contributed by atoms with van der Waals surface area (Å²) in [6.07, 6.45) is 5.98. The van der Waals surface area contributed by atoms with E-state index >= 15 is 0 Å². The van der Waals surface area contributed by atoms with Crippen molar-refractivity contribution in [2.24, 2.45) is 0 Å². The number of aromatic nitrogens is 2. The first kappa shape index (κ1) is 9.40. The van der Waals surface area contributed by atoms with Crippen LogP contribution in [0.4, 0.5) is 0 Å². The highest BCUT2D eigenvalue weighted by molar-refractivity contribution is 5.13. The van der Waals surface area contributed by atoms with Crippen molar-refractivity contribution in [1.82, 2.24) is 9.97 Å². The Morgan fingerprint density at radius 3 is 2.71 bits per heavy atom. The van der Waals surface area contributed by atoms with Gasteiger partial charge < -0.3 is 9.84 Å². The number of rotatable bonds is 2. The molecule has 0 aliphatic heterocycles. The first-order valence-corrected chi connectivity index (χ1v) is 4.85. The van der Waals surface area contributed by atoms with Gasteiger partial charge in [0.25, 0.3) is 0 Å². The van der Waals surface area contributed by atoms with E-state index in [1.807, 2.05) is 0 Å². The van der Waals surface area contributed by atoms with E-state index in [4.69, 9.17) is 4.74 Å². The fraction of sp³-hybridized carbons (Fsp3) is 0.600. The van der Waals surface area contributed by atoms with Gasteiger partial charge in [0.05, 0.1) is 31.3 Å². The van der Waals surface area contributed by atoms with Gasteiger partial charge in [0.15, 0.2) is 0 Å². The molecule has 1 aliphatic rings. The van der Waals surface area contributed by atoms with Crippen molar-refractivity contribution >= 4 is 0 Å². The molecule has 0 radical (unpaired) electrons. The maximum atomic E-state index is 9.67. The molecule has 0 amide bonds. The zero-order chi connectivity index (χ0) is 9.97. The maximum absolute atomic E-state index is 9.67. The van der Waals surface area contributed by atoms with E-state index in [0.29, 0.717) is 5.88 Å². The van der Waals surface area contributed by atoms with Crippen molar-refractivity contribution < 1.29 is 9.84 Å². The van der Waals surface area contributed by atoms with Crippen LogP contribution in [0.1, 0.15) is 30.9 Å². The van der Waals surface area contributed by atoms with Crippen LogP contribution in [0.3, 0.4) is 0 Å². The van der Waals surface area contributed by atoms with Crippen molar-refractivity contribution in [3.8, 4) is 5.88 Å². The minimum atomic E-state index is -0.252. The number of nitrogens with zero attached hydrogens (tertiary/aromatic N) is 2. The molecule has 2 unspecified atom stereocenters. The molecular formula is C10H14N2O2. The Morgan fingerprint density at radius 1 is 1.36 bits per heavy atom. The molecule has 0 aromatic carbocycles. The highest BCUT2D eigenvalue weighted by Gasteiger charge is 2.27. The normalized spacial score (nSPS) is 26.4. The number of aliphatic hydroxyl groups is 1. The molecular weight excluding hydrogens is 180 g/mol. The quantitative estimate of drug-likeness (QED) is 0.766. The molecule has 0 spiro atoms. The second kappa shape index (κ2) is 3.92. The molecule has 14 heavy (non-hydrogen) atoms. The number of hydrogen-bond donors (Lipinski definition) is 1. The molecule has 2 atom stereocenters. The lowest BCUT2D eigenvalue weighted by atomic mass is 10.0. The molecule has 4 nitrogen and oxygen atoms in total. The topological polar surface area (TPSA) is 55.2 Å². The summed E-state index contributed by atoms with van der Waals surface area (Å²) in [5, 5.41) is 9.67. The lowest BCUT2D eigenvalue weighted by Crippen LogP contribution is -2.12. The Morgan fingerprint density at radius 2 is 2.21 bits per heavy atom. The summed E-state index contributed by atoms with van der Waals surface area (Å²) in [7, 11) is 1.56. The SMILES string of the molecule is COc1cnc(C2CCCC2O)cn1.